The third-order valence-corrected chi connectivity index (χ3v) is 5.48. The second kappa shape index (κ2) is 9.47. The van der Waals surface area contributed by atoms with Gasteiger partial charge in [0.15, 0.2) is 0 Å². The van der Waals surface area contributed by atoms with Crippen LogP contribution in [-0.4, -0.2) is 48.6 Å². The Morgan fingerprint density at radius 3 is 1.78 bits per heavy atom. The average Bonchev–Trinajstić information content (AvgIpc) is 2.67. The highest BCUT2D eigenvalue weighted by atomic mass is 19.4. The van der Waals surface area contributed by atoms with Crippen molar-refractivity contribution in [3.63, 3.8) is 0 Å². The Morgan fingerprint density at radius 2 is 1.34 bits per heavy atom. The fourth-order valence-electron chi connectivity index (χ4n) is 3.45. The van der Waals surface area contributed by atoms with E-state index in [2.05, 4.69) is 0 Å². The molecule has 1 aliphatic rings. The van der Waals surface area contributed by atoms with Gasteiger partial charge in [0.2, 0.25) is 0 Å². The summed E-state index contributed by atoms with van der Waals surface area (Å²) in [6.07, 6.45) is -7.90. The molecule has 0 atom stereocenters. The fourth-order valence-corrected chi connectivity index (χ4v) is 3.45. The molecule has 14 heteroatoms. The summed E-state index contributed by atoms with van der Waals surface area (Å²) >= 11 is 0. The first-order chi connectivity index (χ1) is 14.3. The first-order valence-electron chi connectivity index (χ1n) is 9.68. The predicted octanol–water partition coefficient (Wildman–Crippen LogP) is 7.11. The highest BCUT2D eigenvalue weighted by Gasteiger charge is 2.88. The number of esters is 1. The van der Waals surface area contributed by atoms with Gasteiger partial charge in [0.1, 0.15) is 0 Å². The Kier molecular flexibility index (Phi) is 8.49. The lowest BCUT2D eigenvalue weighted by molar-refractivity contribution is -0.414. The molecular weight excluding hydrogens is 476 g/mol. The van der Waals surface area contributed by atoms with Crippen molar-refractivity contribution in [1.82, 2.24) is 0 Å². The SMILES string of the molecule is CCCCOC(=O)C1(CC(F)(F)C(F)(F)C(F)(F)C(F)(F)C(F)(F)C(F)F)CCCCC1. The molecule has 1 rings (SSSR count). The Labute approximate surface area is 175 Å². The van der Waals surface area contributed by atoms with Crippen molar-refractivity contribution in [3.8, 4) is 0 Å². The van der Waals surface area contributed by atoms with Gasteiger partial charge in [-0.05, 0) is 19.3 Å². The number of ether oxygens (including phenoxy) is 1. The van der Waals surface area contributed by atoms with Gasteiger partial charge in [-0.25, -0.2) is 8.78 Å². The molecule has 32 heavy (non-hydrogen) atoms. The molecule has 0 bridgehead atoms. The molecule has 1 fully saturated rings. The van der Waals surface area contributed by atoms with Gasteiger partial charge in [0.05, 0.1) is 12.0 Å². The molecule has 0 amide bonds. The van der Waals surface area contributed by atoms with E-state index in [1.165, 1.54) is 0 Å². The lowest BCUT2D eigenvalue weighted by Gasteiger charge is -2.43. The lowest BCUT2D eigenvalue weighted by atomic mass is 9.69. The van der Waals surface area contributed by atoms with E-state index in [1.807, 2.05) is 0 Å². The minimum atomic E-state index is -7.59. The van der Waals surface area contributed by atoms with Crippen LogP contribution in [0.15, 0.2) is 0 Å². The minimum absolute atomic E-state index is 0.0144. The van der Waals surface area contributed by atoms with Gasteiger partial charge < -0.3 is 4.74 Å². The van der Waals surface area contributed by atoms with Crippen molar-refractivity contribution in [1.29, 1.82) is 0 Å². The largest absolute Gasteiger partial charge is 0.465 e. The summed E-state index contributed by atoms with van der Waals surface area (Å²) in [7, 11) is 0. The standard InChI is InChI=1S/C18H22F12O2/c1-2-3-9-32-12(31)13(7-5-4-6-8-13)10-14(21,22)16(25,26)18(29,30)17(27,28)15(23,24)11(19)20/h11H,2-10H2,1H3. The van der Waals surface area contributed by atoms with Crippen molar-refractivity contribution in [2.24, 2.45) is 5.41 Å². The van der Waals surface area contributed by atoms with Gasteiger partial charge in [0, 0.05) is 6.42 Å². The summed E-state index contributed by atoms with van der Waals surface area (Å²) in [4.78, 5) is 12.3. The van der Waals surface area contributed by atoms with Crippen LogP contribution in [0.1, 0.15) is 58.3 Å². The molecule has 0 aromatic rings. The molecule has 0 aromatic carbocycles. The number of carbonyl (C=O) groups excluding carboxylic acids is 1. The summed E-state index contributed by atoms with van der Waals surface area (Å²) < 4.78 is 166. The molecule has 0 radical (unpaired) electrons. The maximum atomic E-state index is 14.4. The molecule has 0 aliphatic heterocycles. The molecule has 2 nitrogen and oxygen atoms in total. The zero-order valence-electron chi connectivity index (χ0n) is 16.8. The van der Waals surface area contributed by atoms with Crippen LogP contribution in [0.5, 0.6) is 0 Å². The van der Waals surface area contributed by atoms with Crippen LogP contribution in [0.3, 0.4) is 0 Å². The van der Waals surface area contributed by atoms with Crippen molar-refractivity contribution >= 4 is 5.97 Å². The highest BCUT2D eigenvalue weighted by molar-refractivity contribution is 5.77. The van der Waals surface area contributed by atoms with Crippen LogP contribution in [0, 0.1) is 5.41 Å². The summed E-state index contributed by atoms with van der Waals surface area (Å²) in [6.45, 7) is 1.35. The Bertz CT molecular complexity index is 642. The zero-order chi connectivity index (χ0) is 25.2. The number of rotatable bonds is 11. The van der Waals surface area contributed by atoms with Crippen molar-refractivity contribution in [2.45, 2.75) is 94.3 Å². The van der Waals surface area contributed by atoms with Gasteiger partial charge in [-0.1, -0.05) is 32.6 Å². The first-order valence-corrected chi connectivity index (χ1v) is 9.68. The fraction of sp³-hybridized carbons (Fsp3) is 0.944. The van der Waals surface area contributed by atoms with Crippen LogP contribution >= 0.6 is 0 Å². The third kappa shape index (κ3) is 4.78. The van der Waals surface area contributed by atoms with Crippen LogP contribution in [0.25, 0.3) is 0 Å². The molecule has 1 aliphatic carbocycles. The third-order valence-electron chi connectivity index (χ3n) is 5.48. The van der Waals surface area contributed by atoms with Crippen LogP contribution in [0.4, 0.5) is 52.7 Å². The summed E-state index contributed by atoms with van der Waals surface area (Å²) in [5.74, 6) is -37.0. The maximum Gasteiger partial charge on any atom is 0.384 e. The Morgan fingerprint density at radius 1 is 0.844 bits per heavy atom. The molecule has 0 heterocycles. The molecule has 1 saturated carbocycles. The second-order valence-corrected chi connectivity index (χ2v) is 7.86. The van der Waals surface area contributed by atoms with E-state index in [1.54, 1.807) is 6.92 Å². The van der Waals surface area contributed by atoms with Crippen LogP contribution < -0.4 is 0 Å². The van der Waals surface area contributed by atoms with Crippen molar-refractivity contribution in [2.75, 3.05) is 6.61 Å². The number of halogens is 12. The van der Waals surface area contributed by atoms with E-state index in [4.69, 9.17) is 4.74 Å². The van der Waals surface area contributed by atoms with Crippen molar-refractivity contribution in [3.05, 3.63) is 0 Å². The maximum absolute atomic E-state index is 14.4. The predicted molar refractivity (Wildman–Crippen MR) is 86.7 cm³/mol. The number of alkyl halides is 12. The van der Waals surface area contributed by atoms with Gasteiger partial charge in [-0.3, -0.25) is 4.79 Å². The summed E-state index contributed by atoms with van der Waals surface area (Å²) in [5.41, 5.74) is -2.46. The first kappa shape index (κ1) is 28.7. The number of hydrogen-bond acceptors (Lipinski definition) is 2. The number of carbonyl (C=O) groups is 1. The molecule has 190 valence electrons. The molecule has 0 spiro atoms. The molecule has 0 saturated heterocycles. The van der Waals surface area contributed by atoms with Gasteiger partial charge in [-0.2, -0.15) is 43.9 Å². The van der Waals surface area contributed by atoms with E-state index in [0.29, 0.717) is 12.8 Å². The minimum Gasteiger partial charge on any atom is -0.465 e. The lowest BCUT2D eigenvalue weighted by Crippen LogP contribution is -2.69. The zero-order valence-corrected chi connectivity index (χ0v) is 16.8. The molecule has 0 unspecified atom stereocenters. The normalized spacial score (nSPS) is 18.7. The Balaban J connectivity index is 3.35. The van der Waals surface area contributed by atoms with Gasteiger partial charge in [0.25, 0.3) is 0 Å². The van der Waals surface area contributed by atoms with Crippen LogP contribution in [0.2, 0.25) is 0 Å². The van der Waals surface area contributed by atoms with Crippen molar-refractivity contribution < 1.29 is 62.2 Å². The average molecular weight is 498 g/mol. The van der Waals surface area contributed by atoms with E-state index >= 15 is 0 Å². The van der Waals surface area contributed by atoms with Crippen LogP contribution in [-0.2, 0) is 9.53 Å². The quantitative estimate of drug-likeness (QED) is 0.172. The van der Waals surface area contributed by atoms with E-state index < -0.39 is 66.7 Å². The smallest absolute Gasteiger partial charge is 0.384 e. The molecular formula is C18H22F12O2. The van der Waals surface area contributed by atoms with E-state index in [-0.39, 0.29) is 25.9 Å². The number of unbranched alkanes of at least 4 members (excludes halogenated alkanes) is 1. The highest BCUT2D eigenvalue weighted by Crippen LogP contribution is 2.60. The summed E-state index contributed by atoms with van der Waals surface area (Å²) in [5, 5.41) is 0. The Hall–Kier alpha value is -1.37. The topological polar surface area (TPSA) is 26.3 Å². The number of hydrogen-bond donors (Lipinski definition) is 0. The van der Waals surface area contributed by atoms with Gasteiger partial charge in [-0.15, -0.1) is 0 Å². The molecule has 0 aromatic heterocycles. The summed E-state index contributed by atoms with van der Waals surface area (Å²) in [6, 6.07) is 0. The second-order valence-electron chi connectivity index (χ2n) is 7.86. The van der Waals surface area contributed by atoms with E-state index in [9.17, 15) is 57.5 Å². The van der Waals surface area contributed by atoms with Gasteiger partial charge >= 0.3 is 42.0 Å². The van der Waals surface area contributed by atoms with E-state index in [0.717, 1.165) is 0 Å². The monoisotopic (exact) mass is 498 g/mol. The molecule has 0 N–H and O–H groups in total.